The Morgan fingerprint density at radius 1 is 1.16 bits per heavy atom. The number of oxazole rings is 1. The van der Waals surface area contributed by atoms with Crippen LogP contribution in [0.5, 0.6) is 5.75 Å². The lowest BCUT2D eigenvalue weighted by Gasteiger charge is -2.28. The molecule has 1 fully saturated rings. The number of carbonyl (C=O) groups is 2. The highest BCUT2D eigenvalue weighted by Gasteiger charge is 2.33. The number of morpholine rings is 1. The summed E-state index contributed by atoms with van der Waals surface area (Å²) < 4.78 is 56.1. The second-order valence-corrected chi connectivity index (χ2v) is 9.00. The number of nitrogens with zero attached hydrogens (tertiary/aromatic N) is 3. The SMILES string of the molecule is COc1ccc(-c2nc(C(=O)N[C@@H](C)CC(=O)N3CCOCC3)c([C@H](C)N)o2)c2ccc(C(F)(F)F)nc12. The molecule has 1 aliphatic rings. The van der Waals surface area contributed by atoms with E-state index < -0.39 is 29.9 Å². The van der Waals surface area contributed by atoms with Crippen molar-refractivity contribution in [3.05, 3.63) is 41.4 Å². The summed E-state index contributed by atoms with van der Waals surface area (Å²) in [5.74, 6) is -0.498. The Balaban J connectivity index is 1.63. The van der Waals surface area contributed by atoms with Gasteiger partial charge >= 0.3 is 6.18 Å². The van der Waals surface area contributed by atoms with E-state index in [1.165, 1.54) is 19.2 Å². The third kappa shape index (κ3) is 5.73. The summed E-state index contributed by atoms with van der Waals surface area (Å²) in [6, 6.07) is 3.87. The number of nitrogens with one attached hydrogen (secondary N) is 1. The molecule has 0 bridgehead atoms. The Hall–Kier alpha value is -3.71. The average molecular weight is 536 g/mol. The molecule has 0 aliphatic carbocycles. The normalized spacial score (nSPS) is 15.8. The van der Waals surface area contributed by atoms with Crippen molar-refractivity contribution in [2.45, 2.75) is 38.5 Å². The number of hydrogen-bond acceptors (Lipinski definition) is 8. The molecule has 3 heterocycles. The molecule has 2 aromatic heterocycles. The van der Waals surface area contributed by atoms with E-state index in [-0.39, 0.29) is 46.3 Å². The van der Waals surface area contributed by atoms with Crippen LogP contribution in [0, 0.1) is 0 Å². The van der Waals surface area contributed by atoms with Crippen molar-refractivity contribution in [3.8, 4) is 17.2 Å². The smallest absolute Gasteiger partial charge is 0.433 e. The van der Waals surface area contributed by atoms with Crippen LogP contribution in [0.4, 0.5) is 13.2 Å². The lowest BCUT2D eigenvalue weighted by atomic mass is 10.1. The molecule has 0 radical (unpaired) electrons. The summed E-state index contributed by atoms with van der Waals surface area (Å²) in [7, 11) is 1.32. The third-order valence-corrected chi connectivity index (χ3v) is 6.07. The number of aromatic nitrogens is 2. The number of nitrogens with two attached hydrogens (primary N) is 1. The standard InChI is InChI=1S/C25H28F3N5O5/c1-13(12-19(34)33-8-10-37-11-9-33)30-23(35)21-22(14(2)29)38-24(32-21)16-4-6-17(36-3)20-15(16)5-7-18(31-20)25(26,27)28/h4-7,13-14H,8-12,29H2,1-3H3,(H,30,35)/t13-,14-/m0/s1. The number of pyridine rings is 1. The van der Waals surface area contributed by atoms with Gasteiger partial charge < -0.3 is 29.8 Å². The molecule has 0 spiro atoms. The molecular weight excluding hydrogens is 507 g/mol. The van der Waals surface area contributed by atoms with Crippen molar-refractivity contribution >= 4 is 22.7 Å². The largest absolute Gasteiger partial charge is 0.494 e. The number of amides is 2. The van der Waals surface area contributed by atoms with Crippen LogP contribution < -0.4 is 15.8 Å². The number of benzene rings is 1. The van der Waals surface area contributed by atoms with Gasteiger partial charge in [-0.05, 0) is 38.1 Å². The highest BCUT2D eigenvalue weighted by molar-refractivity contribution is 5.98. The number of hydrogen-bond donors (Lipinski definition) is 2. The lowest BCUT2D eigenvalue weighted by molar-refractivity contribution is -0.141. The van der Waals surface area contributed by atoms with Crippen molar-refractivity contribution in [2.24, 2.45) is 5.73 Å². The molecule has 0 saturated carbocycles. The third-order valence-electron chi connectivity index (χ3n) is 6.07. The fraction of sp³-hybridized carbons (Fsp3) is 0.440. The Kier molecular flexibility index (Phi) is 7.88. The molecule has 4 rings (SSSR count). The van der Waals surface area contributed by atoms with Crippen LogP contribution >= 0.6 is 0 Å². The molecule has 1 saturated heterocycles. The van der Waals surface area contributed by atoms with E-state index in [1.807, 2.05) is 0 Å². The number of halogens is 3. The molecule has 2 amide bonds. The zero-order valence-corrected chi connectivity index (χ0v) is 21.1. The van der Waals surface area contributed by atoms with Crippen LogP contribution in [0.3, 0.4) is 0 Å². The highest BCUT2D eigenvalue weighted by Crippen LogP contribution is 2.37. The monoisotopic (exact) mass is 535 g/mol. The van der Waals surface area contributed by atoms with E-state index in [0.29, 0.717) is 31.9 Å². The van der Waals surface area contributed by atoms with Crippen LogP contribution in [0.15, 0.2) is 28.7 Å². The summed E-state index contributed by atoms with van der Waals surface area (Å²) in [6.45, 7) is 5.24. The molecule has 3 aromatic rings. The van der Waals surface area contributed by atoms with Crippen LogP contribution in [0.25, 0.3) is 22.4 Å². The minimum Gasteiger partial charge on any atom is -0.494 e. The van der Waals surface area contributed by atoms with E-state index in [4.69, 9.17) is 19.6 Å². The summed E-state index contributed by atoms with van der Waals surface area (Å²) in [6.07, 6.45) is -4.56. The van der Waals surface area contributed by atoms with E-state index in [0.717, 1.165) is 6.07 Å². The highest BCUT2D eigenvalue weighted by atomic mass is 19.4. The number of ether oxygens (including phenoxy) is 2. The molecule has 10 nitrogen and oxygen atoms in total. The van der Waals surface area contributed by atoms with Gasteiger partial charge in [0.05, 0.1) is 26.4 Å². The predicted octanol–water partition coefficient (Wildman–Crippen LogP) is 3.30. The molecule has 38 heavy (non-hydrogen) atoms. The number of rotatable bonds is 7. The zero-order valence-electron chi connectivity index (χ0n) is 21.1. The Morgan fingerprint density at radius 3 is 2.50 bits per heavy atom. The first kappa shape index (κ1) is 27.3. The van der Waals surface area contributed by atoms with Gasteiger partial charge in [0.2, 0.25) is 11.8 Å². The van der Waals surface area contributed by atoms with Crippen LogP contribution in [0.1, 0.15) is 48.3 Å². The maximum absolute atomic E-state index is 13.3. The number of alkyl halides is 3. The Bertz CT molecular complexity index is 1330. The number of methoxy groups -OCH3 is 1. The van der Waals surface area contributed by atoms with Gasteiger partial charge in [0, 0.05) is 36.5 Å². The molecule has 13 heteroatoms. The van der Waals surface area contributed by atoms with Gasteiger partial charge in [0.1, 0.15) is 17.0 Å². The molecular formula is C25H28F3N5O5. The second kappa shape index (κ2) is 11.0. The maximum atomic E-state index is 13.3. The zero-order chi connectivity index (χ0) is 27.6. The van der Waals surface area contributed by atoms with Crippen LogP contribution in [-0.2, 0) is 15.7 Å². The summed E-state index contributed by atoms with van der Waals surface area (Å²) in [4.78, 5) is 35.4. The molecule has 1 aromatic carbocycles. The van der Waals surface area contributed by atoms with Gasteiger partial charge in [-0.2, -0.15) is 13.2 Å². The fourth-order valence-electron chi connectivity index (χ4n) is 4.17. The number of fused-ring (bicyclic) bond motifs is 1. The molecule has 1 aliphatic heterocycles. The van der Waals surface area contributed by atoms with Crippen molar-refractivity contribution < 1.29 is 36.7 Å². The average Bonchev–Trinajstić information content (AvgIpc) is 3.33. The molecule has 3 N–H and O–H groups in total. The maximum Gasteiger partial charge on any atom is 0.433 e. The van der Waals surface area contributed by atoms with Gasteiger partial charge in [-0.15, -0.1) is 0 Å². The quantitative estimate of drug-likeness (QED) is 0.471. The first-order valence-corrected chi connectivity index (χ1v) is 12.0. The molecule has 204 valence electrons. The van der Waals surface area contributed by atoms with Gasteiger partial charge in [0.25, 0.3) is 5.91 Å². The first-order valence-electron chi connectivity index (χ1n) is 12.0. The minimum atomic E-state index is -4.65. The van der Waals surface area contributed by atoms with Crippen molar-refractivity contribution in [1.29, 1.82) is 0 Å². The first-order chi connectivity index (χ1) is 18.0. The Morgan fingerprint density at radius 2 is 1.87 bits per heavy atom. The summed E-state index contributed by atoms with van der Waals surface area (Å²) in [5, 5.41) is 3.04. The van der Waals surface area contributed by atoms with E-state index in [9.17, 15) is 22.8 Å². The van der Waals surface area contributed by atoms with Crippen LogP contribution in [0.2, 0.25) is 0 Å². The Labute approximate surface area is 216 Å². The van der Waals surface area contributed by atoms with Gasteiger partial charge in [-0.25, -0.2) is 9.97 Å². The van der Waals surface area contributed by atoms with Crippen LogP contribution in [-0.4, -0.2) is 66.1 Å². The van der Waals surface area contributed by atoms with Gasteiger partial charge in [-0.1, -0.05) is 0 Å². The van der Waals surface area contributed by atoms with Gasteiger partial charge in [-0.3, -0.25) is 9.59 Å². The second-order valence-electron chi connectivity index (χ2n) is 9.00. The van der Waals surface area contributed by atoms with Crippen molar-refractivity contribution in [2.75, 3.05) is 33.4 Å². The fourth-order valence-corrected chi connectivity index (χ4v) is 4.17. The van der Waals surface area contributed by atoms with Crippen molar-refractivity contribution in [3.63, 3.8) is 0 Å². The summed E-state index contributed by atoms with van der Waals surface area (Å²) >= 11 is 0. The van der Waals surface area contributed by atoms with Crippen molar-refractivity contribution in [1.82, 2.24) is 20.2 Å². The predicted molar refractivity (Wildman–Crippen MR) is 130 cm³/mol. The van der Waals surface area contributed by atoms with E-state index in [1.54, 1.807) is 24.8 Å². The van der Waals surface area contributed by atoms with Gasteiger partial charge in [0.15, 0.2) is 11.5 Å². The van der Waals surface area contributed by atoms with E-state index in [2.05, 4.69) is 15.3 Å². The lowest BCUT2D eigenvalue weighted by Crippen LogP contribution is -2.44. The number of carbonyl (C=O) groups excluding carboxylic acids is 2. The molecule has 0 unspecified atom stereocenters. The molecule has 2 atom stereocenters. The van der Waals surface area contributed by atoms with E-state index >= 15 is 0 Å². The summed E-state index contributed by atoms with van der Waals surface area (Å²) in [5.41, 5.74) is 5.14. The minimum absolute atomic E-state index is 0.0197. The topological polar surface area (TPSA) is 133 Å².